The normalized spacial score (nSPS) is 28.0. The first kappa shape index (κ1) is 12.9. The quantitative estimate of drug-likeness (QED) is 0.742. The van der Waals surface area contributed by atoms with Crippen LogP contribution in [0.25, 0.3) is 0 Å². The van der Waals surface area contributed by atoms with Gasteiger partial charge in [-0.3, -0.25) is 4.90 Å². The lowest BCUT2D eigenvalue weighted by molar-refractivity contribution is 0.0666. The molecule has 0 aromatic rings. The van der Waals surface area contributed by atoms with Crippen LogP contribution in [0.5, 0.6) is 0 Å². The molecule has 0 saturated carbocycles. The van der Waals surface area contributed by atoms with Crippen molar-refractivity contribution in [1.29, 1.82) is 0 Å². The molecular formula is C12H26N2O. The van der Waals surface area contributed by atoms with Crippen LogP contribution in [0.15, 0.2) is 0 Å². The van der Waals surface area contributed by atoms with Gasteiger partial charge < -0.3 is 10.8 Å². The molecule has 0 spiro atoms. The second-order valence-electron chi connectivity index (χ2n) is 5.87. The Bertz CT molecular complexity index is 198. The molecule has 3 heteroatoms. The van der Waals surface area contributed by atoms with Crippen LogP contribution in [-0.4, -0.2) is 41.3 Å². The summed E-state index contributed by atoms with van der Waals surface area (Å²) < 4.78 is 0. The van der Waals surface area contributed by atoms with Crippen molar-refractivity contribution >= 4 is 0 Å². The zero-order valence-electron chi connectivity index (χ0n) is 10.5. The molecule has 0 aliphatic carbocycles. The Morgan fingerprint density at radius 3 is 2.40 bits per heavy atom. The molecule has 0 bridgehead atoms. The minimum Gasteiger partial charge on any atom is -0.395 e. The second kappa shape index (κ2) is 4.81. The predicted octanol–water partition coefficient (Wildman–Crippen LogP) is 1.21. The number of rotatable bonds is 3. The van der Waals surface area contributed by atoms with Crippen molar-refractivity contribution in [1.82, 2.24) is 4.90 Å². The molecule has 0 amide bonds. The van der Waals surface area contributed by atoms with Crippen molar-refractivity contribution in [2.45, 2.75) is 58.7 Å². The van der Waals surface area contributed by atoms with Crippen molar-refractivity contribution in [3.8, 4) is 0 Å². The van der Waals surface area contributed by atoms with Gasteiger partial charge in [0.15, 0.2) is 0 Å². The third kappa shape index (κ3) is 2.92. The van der Waals surface area contributed by atoms with E-state index in [0.29, 0.717) is 6.04 Å². The van der Waals surface area contributed by atoms with Crippen LogP contribution in [0, 0.1) is 5.41 Å². The van der Waals surface area contributed by atoms with Gasteiger partial charge in [-0.15, -0.1) is 0 Å². The molecule has 15 heavy (non-hydrogen) atoms. The first-order valence-corrected chi connectivity index (χ1v) is 6.00. The van der Waals surface area contributed by atoms with Crippen molar-refractivity contribution < 1.29 is 5.11 Å². The maximum absolute atomic E-state index is 9.52. The average Bonchev–Trinajstić information content (AvgIpc) is 2.52. The topological polar surface area (TPSA) is 49.5 Å². The lowest BCUT2D eigenvalue weighted by atomic mass is 9.82. The maximum Gasteiger partial charge on any atom is 0.0602 e. The van der Waals surface area contributed by atoms with Gasteiger partial charge in [0.05, 0.1) is 6.61 Å². The van der Waals surface area contributed by atoms with E-state index in [0.717, 1.165) is 6.54 Å². The highest BCUT2D eigenvalue weighted by Crippen LogP contribution is 2.27. The fourth-order valence-electron chi connectivity index (χ4n) is 2.45. The summed E-state index contributed by atoms with van der Waals surface area (Å²) >= 11 is 0. The van der Waals surface area contributed by atoms with Crippen molar-refractivity contribution in [2.24, 2.45) is 11.1 Å². The summed E-state index contributed by atoms with van der Waals surface area (Å²) in [6.07, 6.45) is 2.46. The summed E-state index contributed by atoms with van der Waals surface area (Å²) in [5.74, 6) is 0. The molecule has 1 aliphatic heterocycles. The number of aliphatic hydroxyl groups excluding tert-OH is 1. The third-order valence-corrected chi connectivity index (χ3v) is 3.63. The van der Waals surface area contributed by atoms with Gasteiger partial charge >= 0.3 is 0 Å². The second-order valence-corrected chi connectivity index (χ2v) is 5.87. The van der Waals surface area contributed by atoms with Crippen molar-refractivity contribution in [3.63, 3.8) is 0 Å². The van der Waals surface area contributed by atoms with E-state index in [2.05, 4.69) is 32.6 Å². The average molecular weight is 214 g/mol. The van der Waals surface area contributed by atoms with Gasteiger partial charge in [-0.1, -0.05) is 20.8 Å². The first-order valence-electron chi connectivity index (χ1n) is 6.00. The van der Waals surface area contributed by atoms with Crippen LogP contribution in [0.3, 0.4) is 0 Å². The Hall–Kier alpha value is -0.120. The molecule has 1 fully saturated rings. The Morgan fingerprint density at radius 2 is 2.07 bits per heavy atom. The SMILES string of the molecule is CC1CCCN1C(CO)C(N)C(C)(C)C. The highest BCUT2D eigenvalue weighted by atomic mass is 16.3. The van der Waals surface area contributed by atoms with E-state index < -0.39 is 0 Å². The highest BCUT2D eigenvalue weighted by Gasteiger charge is 2.36. The Balaban J connectivity index is 2.70. The zero-order valence-corrected chi connectivity index (χ0v) is 10.5. The summed E-state index contributed by atoms with van der Waals surface area (Å²) in [5.41, 5.74) is 6.30. The van der Waals surface area contributed by atoms with Crippen molar-refractivity contribution in [3.05, 3.63) is 0 Å². The molecule has 3 unspecified atom stereocenters. The minimum atomic E-state index is 0.0306. The number of nitrogens with two attached hydrogens (primary N) is 1. The molecule has 3 N–H and O–H groups in total. The van der Waals surface area contributed by atoms with Crippen molar-refractivity contribution in [2.75, 3.05) is 13.2 Å². The monoisotopic (exact) mass is 214 g/mol. The summed E-state index contributed by atoms with van der Waals surface area (Å²) in [6.45, 7) is 9.90. The van der Waals surface area contributed by atoms with Gasteiger partial charge in [0.25, 0.3) is 0 Å². The molecular weight excluding hydrogens is 188 g/mol. The summed E-state index contributed by atoms with van der Waals surface area (Å²) in [7, 11) is 0. The summed E-state index contributed by atoms with van der Waals surface area (Å²) in [5, 5.41) is 9.52. The summed E-state index contributed by atoms with van der Waals surface area (Å²) in [6, 6.07) is 0.709. The molecule has 0 aromatic heterocycles. The van der Waals surface area contributed by atoms with Crippen LogP contribution < -0.4 is 5.73 Å². The van der Waals surface area contributed by atoms with Gasteiger partial charge in [-0.05, 0) is 31.7 Å². The van der Waals surface area contributed by atoms with Crippen LogP contribution >= 0.6 is 0 Å². The Morgan fingerprint density at radius 1 is 1.47 bits per heavy atom. The fourth-order valence-corrected chi connectivity index (χ4v) is 2.45. The van der Waals surface area contributed by atoms with Gasteiger partial charge in [0.2, 0.25) is 0 Å². The highest BCUT2D eigenvalue weighted by molar-refractivity contribution is 4.93. The Labute approximate surface area is 93.6 Å². The molecule has 1 rings (SSSR count). The van der Waals surface area contributed by atoms with E-state index in [1.54, 1.807) is 0 Å². The number of hydrogen-bond acceptors (Lipinski definition) is 3. The number of aliphatic hydroxyl groups is 1. The van der Waals surface area contributed by atoms with E-state index in [1.165, 1.54) is 12.8 Å². The van der Waals surface area contributed by atoms with Crippen LogP contribution in [0.4, 0.5) is 0 Å². The van der Waals surface area contributed by atoms with E-state index in [-0.39, 0.29) is 24.1 Å². The van der Waals surface area contributed by atoms with Gasteiger partial charge in [0.1, 0.15) is 0 Å². The molecule has 1 heterocycles. The minimum absolute atomic E-state index is 0.0306. The smallest absolute Gasteiger partial charge is 0.0602 e. The largest absolute Gasteiger partial charge is 0.395 e. The standard InChI is InChI=1S/C12H26N2O/c1-9-6-5-7-14(9)10(8-15)11(13)12(2,3)4/h9-11,15H,5-8,13H2,1-4H3. The molecule has 3 nitrogen and oxygen atoms in total. The van der Waals surface area contributed by atoms with Crippen LogP contribution in [0.2, 0.25) is 0 Å². The lowest BCUT2D eigenvalue weighted by Crippen LogP contribution is -2.56. The number of hydrogen-bond donors (Lipinski definition) is 2. The van der Waals surface area contributed by atoms with Gasteiger partial charge in [-0.25, -0.2) is 0 Å². The van der Waals surface area contributed by atoms with Gasteiger partial charge in [-0.2, -0.15) is 0 Å². The lowest BCUT2D eigenvalue weighted by Gasteiger charge is -2.40. The molecule has 1 saturated heterocycles. The predicted molar refractivity (Wildman–Crippen MR) is 63.7 cm³/mol. The van der Waals surface area contributed by atoms with Gasteiger partial charge in [0, 0.05) is 18.1 Å². The van der Waals surface area contributed by atoms with E-state index in [4.69, 9.17) is 5.73 Å². The summed E-state index contributed by atoms with van der Waals surface area (Å²) in [4.78, 5) is 2.37. The Kier molecular flexibility index (Phi) is 4.15. The van der Waals surface area contributed by atoms with E-state index in [9.17, 15) is 5.11 Å². The maximum atomic E-state index is 9.52. The number of nitrogens with zero attached hydrogens (tertiary/aromatic N) is 1. The molecule has 0 aromatic carbocycles. The van der Waals surface area contributed by atoms with E-state index >= 15 is 0 Å². The molecule has 90 valence electrons. The first-order chi connectivity index (χ1) is 6.88. The third-order valence-electron chi connectivity index (χ3n) is 3.63. The van der Waals surface area contributed by atoms with E-state index in [1.807, 2.05) is 0 Å². The molecule has 1 aliphatic rings. The van der Waals surface area contributed by atoms with Crippen LogP contribution in [-0.2, 0) is 0 Å². The molecule has 3 atom stereocenters. The zero-order chi connectivity index (χ0) is 11.6. The van der Waals surface area contributed by atoms with Crippen LogP contribution in [0.1, 0.15) is 40.5 Å². The fraction of sp³-hybridized carbons (Fsp3) is 1.00. The molecule has 0 radical (unpaired) electrons. The number of likely N-dealkylation sites (tertiary alicyclic amines) is 1.